The van der Waals surface area contributed by atoms with Crippen LogP contribution in [0.5, 0.6) is 5.75 Å². The summed E-state index contributed by atoms with van der Waals surface area (Å²) in [4.78, 5) is 31.9. The third-order valence-corrected chi connectivity index (χ3v) is 6.70. The number of halogens is 1. The summed E-state index contributed by atoms with van der Waals surface area (Å²) in [5.41, 5.74) is 0.602. The molecule has 0 unspecified atom stereocenters. The van der Waals surface area contributed by atoms with Gasteiger partial charge in [-0.3, -0.25) is 14.2 Å². The largest absolute Gasteiger partial charge is 0.481 e. The molecule has 5 rings (SSSR count). The Labute approximate surface area is 208 Å². The minimum atomic E-state index is -0.532. The lowest BCUT2D eigenvalue weighted by Gasteiger charge is -2.36. The van der Waals surface area contributed by atoms with Crippen LogP contribution in [0.3, 0.4) is 0 Å². The molecule has 0 aliphatic carbocycles. The van der Waals surface area contributed by atoms with Crippen LogP contribution in [0.25, 0.3) is 0 Å². The number of amides is 1. The summed E-state index contributed by atoms with van der Waals surface area (Å²) >= 11 is 0. The van der Waals surface area contributed by atoms with E-state index >= 15 is 0 Å². The second-order valence-corrected chi connectivity index (χ2v) is 9.10. The van der Waals surface area contributed by atoms with Crippen LogP contribution in [0, 0.1) is 5.82 Å². The highest BCUT2D eigenvalue weighted by Crippen LogP contribution is 2.36. The number of hydrogen-bond donors (Lipinski definition) is 1. The average Bonchev–Trinajstić information content (AvgIpc) is 3.08. The molecule has 1 fully saturated rings. The Kier molecular flexibility index (Phi) is 7.11. The third-order valence-electron chi connectivity index (χ3n) is 6.70. The number of benzene rings is 2. The van der Waals surface area contributed by atoms with Crippen molar-refractivity contribution in [2.45, 2.75) is 38.0 Å². The lowest BCUT2D eigenvalue weighted by atomic mass is 9.80. The molecule has 3 heterocycles. The molecular weight excluding hydrogens is 465 g/mol. The zero-order chi connectivity index (χ0) is 25.0. The molecule has 2 aliphatic heterocycles. The average molecular weight is 494 g/mol. The number of hydrogen-bond acceptors (Lipinski definition) is 6. The fraction of sp³-hybridized carbons (Fsp3) is 0.370. The number of aromatic nitrogens is 2. The van der Waals surface area contributed by atoms with Crippen LogP contribution in [0.2, 0.25) is 0 Å². The van der Waals surface area contributed by atoms with E-state index in [0.717, 1.165) is 11.1 Å². The Balaban J connectivity index is 1.53. The number of ether oxygens (including phenoxy) is 3. The van der Waals surface area contributed by atoms with Crippen LogP contribution >= 0.6 is 0 Å². The van der Waals surface area contributed by atoms with E-state index in [-0.39, 0.29) is 30.4 Å². The van der Waals surface area contributed by atoms with E-state index in [1.807, 2.05) is 30.3 Å². The number of rotatable bonds is 6. The molecule has 1 spiro atoms. The normalized spacial score (nSPS) is 16.7. The molecule has 1 amide bonds. The highest BCUT2D eigenvalue weighted by atomic mass is 19.1. The monoisotopic (exact) mass is 493 g/mol. The molecule has 0 radical (unpaired) electrons. The van der Waals surface area contributed by atoms with Crippen molar-refractivity contribution in [1.29, 1.82) is 0 Å². The van der Waals surface area contributed by atoms with Crippen molar-refractivity contribution in [2.75, 3.05) is 26.4 Å². The topological polar surface area (TPSA) is 91.7 Å². The lowest BCUT2D eigenvalue weighted by Crippen LogP contribution is -2.43. The summed E-state index contributed by atoms with van der Waals surface area (Å²) in [5.74, 6) is -0.447. The fourth-order valence-electron chi connectivity index (χ4n) is 4.65. The van der Waals surface area contributed by atoms with Gasteiger partial charge in [-0.2, -0.15) is 0 Å². The lowest BCUT2D eigenvalue weighted by molar-refractivity contribution is 0.00412. The molecule has 0 saturated carbocycles. The van der Waals surface area contributed by atoms with Crippen molar-refractivity contribution in [1.82, 2.24) is 14.9 Å². The van der Waals surface area contributed by atoms with Gasteiger partial charge in [0.25, 0.3) is 11.5 Å². The van der Waals surface area contributed by atoms with Gasteiger partial charge in [0.1, 0.15) is 18.2 Å². The van der Waals surface area contributed by atoms with Gasteiger partial charge in [0.15, 0.2) is 5.69 Å². The Bertz CT molecular complexity index is 1270. The second kappa shape index (κ2) is 10.6. The van der Waals surface area contributed by atoms with Crippen molar-refractivity contribution in [2.24, 2.45) is 0 Å². The van der Waals surface area contributed by atoms with E-state index in [9.17, 15) is 14.0 Å². The van der Waals surface area contributed by atoms with Crippen LogP contribution < -0.4 is 15.6 Å². The van der Waals surface area contributed by atoms with Gasteiger partial charge < -0.3 is 19.5 Å². The van der Waals surface area contributed by atoms with Crippen molar-refractivity contribution in [3.63, 3.8) is 0 Å². The number of nitrogens with zero attached hydrogens (tertiary/aromatic N) is 2. The van der Waals surface area contributed by atoms with E-state index in [4.69, 9.17) is 19.2 Å². The minimum absolute atomic E-state index is 0.0583. The molecule has 188 valence electrons. The molecule has 2 aromatic carbocycles. The molecular formula is C27H28FN3O5. The zero-order valence-electron chi connectivity index (χ0n) is 19.9. The SMILES string of the molecule is O=C(NCc1ccc(F)cc1)c1nc2n(c(=O)c1OCc1ccccc1)CCOCC21CCOCC1. The Hall–Kier alpha value is -3.56. The van der Waals surface area contributed by atoms with E-state index in [2.05, 4.69) is 5.32 Å². The first-order valence-corrected chi connectivity index (χ1v) is 12.1. The summed E-state index contributed by atoms with van der Waals surface area (Å²) < 4.78 is 32.3. The van der Waals surface area contributed by atoms with E-state index < -0.39 is 16.9 Å². The summed E-state index contributed by atoms with van der Waals surface area (Å²) in [6, 6.07) is 15.3. The van der Waals surface area contributed by atoms with E-state index in [1.54, 1.807) is 16.7 Å². The highest BCUT2D eigenvalue weighted by Gasteiger charge is 2.42. The maximum Gasteiger partial charge on any atom is 0.296 e. The fourth-order valence-corrected chi connectivity index (χ4v) is 4.65. The van der Waals surface area contributed by atoms with Crippen molar-refractivity contribution in [3.05, 3.63) is 93.4 Å². The Morgan fingerprint density at radius 3 is 2.53 bits per heavy atom. The maximum atomic E-state index is 13.7. The molecule has 0 atom stereocenters. The van der Waals surface area contributed by atoms with E-state index in [1.165, 1.54) is 12.1 Å². The Morgan fingerprint density at radius 2 is 1.78 bits per heavy atom. The van der Waals surface area contributed by atoms with Crippen molar-refractivity contribution in [3.8, 4) is 5.75 Å². The summed E-state index contributed by atoms with van der Waals surface area (Å²) in [5, 5.41) is 2.81. The standard InChI is InChI=1S/C27H28FN3O5/c28-21-8-6-19(7-9-21)16-29-24(32)22-23(36-17-20-4-2-1-3-5-20)25(33)31-12-15-35-18-27(26(31)30-22)10-13-34-14-11-27/h1-9H,10-18H2,(H,29,32). The van der Waals surface area contributed by atoms with Crippen LogP contribution in [0.15, 0.2) is 59.4 Å². The van der Waals surface area contributed by atoms with Gasteiger partial charge in [-0.25, -0.2) is 9.37 Å². The molecule has 1 N–H and O–H groups in total. The smallest absolute Gasteiger partial charge is 0.296 e. The first-order valence-electron chi connectivity index (χ1n) is 12.1. The second-order valence-electron chi connectivity index (χ2n) is 9.10. The molecule has 2 aliphatic rings. The van der Waals surface area contributed by atoms with Gasteiger partial charge in [0, 0.05) is 19.8 Å². The van der Waals surface area contributed by atoms with Gasteiger partial charge in [-0.05, 0) is 36.1 Å². The van der Waals surface area contributed by atoms with Crippen molar-refractivity contribution >= 4 is 5.91 Å². The van der Waals surface area contributed by atoms with Gasteiger partial charge in [-0.15, -0.1) is 0 Å². The quantitative estimate of drug-likeness (QED) is 0.568. The zero-order valence-corrected chi connectivity index (χ0v) is 19.9. The third kappa shape index (κ3) is 5.03. The van der Waals surface area contributed by atoms with Gasteiger partial charge in [0.05, 0.1) is 25.2 Å². The highest BCUT2D eigenvalue weighted by molar-refractivity contribution is 5.94. The molecule has 36 heavy (non-hydrogen) atoms. The number of fused-ring (bicyclic) bond motifs is 2. The minimum Gasteiger partial charge on any atom is -0.481 e. The Morgan fingerprint density at radius 1 is 1.03 bits per heavy atom. The van der Waals surface area contributed by atoms with Crippen LogP contribution in [0.1, 0.15) is 40.3 Å². The predicted octanol–water partition coefficient (Wildman–Crippen LogP) is 2.97. The van der Waals surface area contributed by atoms with Gasteiger partial charge in [-0.1, -0.05) is 42.5 Å². The summed E-state index contributed by atoms with van der Waals surface area (Å²) in [6.45, 7) is 2.41. The van der Waals surface area contributed by atoms with Crippen LogP contribution in [-0.2, 0) is 34.6 Å². The summed E-state index contributed by atoms with van der Waals surface area (Å²) in [7, 11) is 0. The van der Waals surface area contributed by atoms with Gasteiger partial charge in [0.2, 0.25) is 5.75 Å². The first kappa shape index (κ1) is 24.1. The summed E-state index contributed by atoms with van der Waals surface area (Å²) in [6.07, 6.45) is 1.28. The molecule has 8 nitrogen and oxygen atoms in total. The molecule has 0 bridgehead atoms. The van der Waals surface area contributed by atoms with E-state index in [0.29, 0.717) is 51.6 Å². The molecule has 1 saturated heterocycles. The van der Waals surface area contributed by atoms with Crippen LogP contribution in [-0.4, -0.2) is 41.9 Å². The maximum absolute atomic E-state index is 13.7. The number of carbonyl (C=O) groups is 1. The first-order chi connectivity index (χ1) is 17.6. The number of nitrogens with one attached hydrogen (secondary N) is 1. The number of carbonyl (C=O) groups excluding carboxylic acids is 1. The predicted molar refractivity (Wildman–Crippen MR) is 129 cm³/mol. The van der Waals surface area contributed by atoms with Gasteiger partial charge >= 0.3 is 0 Å². The van der Waals surface area contributed by atoms with Crippen LogP contribution in [0.4, 0.5) is 4.39 Å². The molecule has 3 aromatic rings. The van der Waals surface area contributed by atoms with Crippen molar-refractivity contribution < 1.29 is 23.4 Å². The molecule has 1 aromatic heterocycles. The molecule has 9 heteroatoms.